The monoisotopic (exact) mass is 247 g/mol. The highest BCUT2D eigenvalue weighted by Gasteiger charge is 2.11. The van der Waals surface area contributed by atoms with Crippen molar-refractivity contribution in [2.75, 3.05) is 20.1 Å². The third kappa shape index (κ3) is 2.33. The SMILES string of the molecule is CNCCNC(=O)c1cnc2c(c1)c(C)nn2C. The molecular weight excluding hydrogens is 230 g/mol. The second-order valence-corrected chi connectivity index (χ2v) is 4.16. The Hall–Kier alpha value is -1.95. The van der Waals surface area contributed by atoms with Gasteiger partial charge in [0.25, 0.3) is 5.91 Å². The molecule has 0 aliphatic rings. The fraction of sp³-hybridized carbons (Fsp3) is 0.417. The molecular formula is C12H17N5O. The number of fused-ring (bicyclic) bond motifs is 1. The molecule has 2 heterocycles. The molecule has 0 unspecified atom stereocenters. The van der Waals surface area contributed by atoms with E-state index in [0.29, 0.717) is 12.1 Å². The smallest absolute Gasteiger partial charge is 0.252 e. The number of nitrogens with zero attached hydrogens (tertiary/aromatic N) is 3. The zero-order chi connectivity index (χ0) is 13.1. The largest absolute Gasteiger partial charge is 0.351 e. The average molecular weight is 247 g/mol. The summed E-state index contributed by atoms with van der Waals surface area (Å²) >= 11 is 0. The highest BCUT2D eigenvalue weighted by molar-refractivity contribution is 5.97. The maximum atomic E-state index is 11.9. The molecule has 0 aromatic carbocycles. The second kappa shape index (κ2) is 5.14. The number of likely N-dealkylation sites (N-methyl/N-ethyl adjacent to an activating group) is 1. The van der Waals surface area contributed by atoms with Crippen molar-refractivity contribution in [1.82, 2.24) is 25.4 Å². The van der Waals surface area contributed by atoms with Gasteiger partial charge >= 0.3 is 0 Å². The maximum absolute atomic E-state index is 11.9. The summed E-state index contributed by atoms with van der Waals surface area (Å²) < 4.78 is 1.72. The van der Waals surface area contributed by atoms with Crippen molar-refractivity contribution in [1.29, 1.82) is 0 Å². The lowest BCUT2D eigenvalue weighted by Gasteiger charge is -2.04. The van der Waals surface area contributed by atoms with Gasteiger partial charge in [0.05, 0.1) is 11.3 Å². The zero-order valence-electron chi connectivity index (χ0n) is 10.8. The molecule has 0 aliphatic carbocycles. The molecule has 0 saturated heterocycles. The van der Waals surface area contributed by atoms with Crippen molar-refractivity contribution in [2.24, 2.45) is 7.05 Å². The highest BCUT2D eigenvalue weighted by atomic mass is 16.1. The molecule has 2 aromatic heterocycles. The second-order valence-electron chi connectivity index (χ2n) is 4.16. The molecule has 1 amide bonds. The Kier molecular flexibility index (Phi) is 3.57. The van der Waals surface area contributed by atoms with Crippen LogP contribution in [0.25, 0.3) is 11.0 Å². The molecule has 2 aromatic rings. The summed E-state index contributed by atoms with van der Waals surface area (Å²) in [6.07, 6.45) is 1.58. The van der Waals surface area contributed by atoms with Crippen LogP contribution in [0.3, 0.4) is 0 Å². The molecule has 18 heavy (non-hydrogen) atoms. The Morgan fingerprint density at radius 1 is 1.44 bits per heavy atom. The standard InChI is InChI=1S/C12H17N5O/c1-8-10-6-9(12(18)14-5-4-13-2)7-15-11(10)17(3)16-8/h6-7,13H,4-5H2,1-3H3,(H,14,18). The van der Waals surface area contributed by atoms with Gasteiger partial charge in [0, 0.05) is 31.7 Å². The van der Waals surface area contributed by atoms with Crippen LogP contribution in [-0.4, -0.2) is 40.8 Å². The first kappa shape index (κ1) is 12.5. The van der Waals surface area contributed by atoms with Crippen LogP contribution in [0.4, 0.5) is 0 Å². The van der Waals surface area contributed by atoms with E-state index in [9.17, 15) is 4.79 Å². The number of aromatic nitrogens is 3. The molecule has 0 atom stereocenters. The quantitative estimate of drug-likeness (QED) is 0.758. The van der Waals surface area contributed by atoms with Crippen LogP contribution in [0.5, 0.6) is 0 Å². The van der Waals surface area contributed by atoms with Crippen molar-refractivity contribution >= 4 is 16.9 Å². The van der Waals surface area contributed by atoms with Crippen molar-refractivity contribution in [2.45, 2.75) is 6.92 Å². The number of hydrogen-bond acceptors (Lipinski definition) is 4. The Morgan fingerprint density at radius 3 is 2.94 bits per heavy atom. The van der Waals surface area contributed by atoms with E-state index in [1.54, 1.807) is 10.9 Å². The molecule has 6 nitrogen and oxygen atoms in total. The average Bonchev–Trinajstić information content (AvgIpc) is 2.65. The lowest BCUT2D eigenvalue weighted by atomic mass is 10.2. The number of carbonyl (C=O) groups is 1. The summed E-state index contributed by atoms with van der Waals surface area (Å²) in [6.45, 7) is 3.25. The third-order valence-corrected chi connectivity index (χ3v) is 2.79. The highest BCUT2D eigenvalue weighted by Crippen LogP contribution is 2.16. The van der Waals surface area contributed by atoms with Crippen LogP contribution in [0.15, 0.2) is 12.3 Å². The van der Waals surface area contributed by atoms with E-state index < -0.39 is 0 Å². The van der Waals surface area contributed by atoms with Gasteiger partial charge in [0.2, 0.25) is 0 Å². The number of carbonyl (C=O) groups excluding carboxylic acids is 1. The molecule has 0 aliphatic heterocycles. The first-order chi connectivity index (χ1) is 8.63. The Balaban J connectivity index is 2.24. The molecule has 0 saturated carbocycles. The van der Waals surface area contributed by atoms with E-state index >= 15 is 0 Å². The normalized spacial score (nSPS) is 10.8. The van der Waals surface area contributed by atoms with E-state index in [1.165, 1.54) is 0 Å². The summed E-state index contributed by atoms with van der Waals surface area (Å²) in [7, 11) is 3.69. The minimum Gasteiger partial charge on any atom is -0.351 e. The van der Waals surface area contributed by atoms with E-state index in [4.69, 9.17) is 0 Å². The van der Waals surface area contributed by atoms with Gasteiger partial charge in [-0.25, -0.2) is 4.98 Å². The molecule has 2 N–H and O–H groups in total. The Bertz CT molecular complexity index is 575. The summed E-state index contributed by atoms with van der Waals surface area (Å²) in [6, 6.07) is 1.83. The molecule has 0 bridgehead atoms. The van der Waals surface area contributed by atoms with E-state index in [0.717, 1.165) is 23.3 Å². The number of rotatable bonds is 4. The van der Waals surface area contributed by atoms with Crippen molar-refractivity contribution in [3.63, 3.8) is 0 Å². The zero-order valence-corrected chi connectivity index (χ0v) is 10.8. The van der Waals surface area contributed by atoms with Crippen LogP contribution >= 0.6 is 0 Å². The lowest BCUT2D eigenvalue weighted by Crippen LogP contribution is -2.30. The fourth-order valence-corrected chi connectivity index (χ4v) is 1.84. The lowest BCUT2D eigenvalue weighted by molar-refractivity contribution is 0.0954. The summed E-state index contributed by atoms with van der Waals surface area (Å²) in [5.74, 6) is -0.108. The van der Waals surface area contributed by atoms with E-state index in [2.05, 4.69) is 20.7 Å². The number of hydrogen-bond donors (Lipinski definition) is 2. The minimum absolute atomic E-state index is 0.108. The summed E-state index contributed by atoms with van der Waals surface area (Å²) in [4.78, 5) is 16.2. The van der Waals surface area contributed by atoms with Gasteiger partial charge in [-0.05, 0) is 20.0 Å². The Labute approximate surface area is 105 Å². The first-order valence-corrected chi connectivity index (χ1v) is 5.85. The topological polar surface area (TPSA) is 71.8 Å². The molecule has 0 radical (unpaired) electrons. The number of amides is 1. The minimum atomic E-state index is -0.108. The molecule has 2 rings (SSSR count). The van der Waals surface area contributed by atoms with E-state index in [-0.39, 0.29) is 5.91 Å². The first-order valence-electron chi connectivity index (χ1n) is 5.85. The number of nitrogens with one attached hydrogen (secondary N) is 2. The predicted octanol–water partition coefficient (Wildman–Crippen LogP) is 0.226. The van der Waals surface area contributed by atoms with Crippen LogP contribution in [0.2, 0.25) is 0 Å². The van der Waals surface area contributed by atoms with Crippen LogP contribution in [-0.2, 0) is 7.05 Å². The van der Waals surface area contributed by atoms with Crippen LogP contribution in [0.1, 0.15) is 16.1 Å². The van der Waals surface area contributed by atoms with Gasteiger partial charge in [-0.15, -0.1) is 0 Å². The number of pyridine rings is 1. The van der Waals surface area contributed by atoms with Gasteiger partial charge in [0.15, 0.2) is 5.65 Å². The predicted molar refractivity (Wildman–Crippen MR) is 69.5 cm³/mol. The van der Waals surface area contributed by atoms with Gasteiger partial charge in [0.1, 0.15) is 0 Å². The van der Waals surface area contributed by atoms with Gasteiger partial charge in [-0.3, -0.25) is 9.48 Å². The van der Waals surface area contributed by atoms with Crippen LogP contribution < -0.4 is 10.6 Å². The molecule has 96 valence electrons. The fourth-order valence-electron chi connectivity index (χ4n) is 1.84. The maximum Gasteiger partial charge on any atom is 0.252 e. The molecule has 0 fully saturated rings. The summed E-state index contributed by atoms with van der Waals surface area (Å²) in [5.41, 5.74) is 2.24. The number of aryl methyl sites for hydroxylation is 2. The Morgan fingerprint density at radius 2 is 2.22 bits per heavy atom. The van der Waals surface area contributed by atoms with Gasteiger partial charge in [-0.2, -0.15) is 5.10 Å². The van der Waals surface area contributed by atoms with Gasteiger partial charge < -0.3 is 10.6 Å². The van der Waals surface area contributed by atoms with Gasteiger partial charge in [-0.1, -0.05) is 0 Å². The van der Waals surface area contributed by atoms with Crippen molar-refractivity contribution in [3.8, 4) is 0 Å². The van der Waals surface area contributed by atoms with Crippen molar-refractivity contribution < 1.29 is 4.79 Å². The van der Waals surface area contributed by atoms with Crippen LogP contribution in [0, 0.1) is 6.92 Å². The third-order valence-electron chi connectivity index (χ3n) is 2.79. The van der Waals surface area contributed by atoms with E-state index in [1.807, 2.05) is 27.1 Å². The molecule has 6 heteroatoms. The summed E-state index contributed by atoms with van der Waals surface area (Å²) in [5, 5.41) is 11.0. The van der Waals surface area contributed by atoms with Crippen molar-refractivity contribution in [3.05, 3.63) is 23.5 Å². The molecule has 0 spiro atoms.